The number of nitrogens with one attached hydrogen (secondary N) is 2. The summed E-state index contributed by atoms with van der Waals surface area (Å²) in [5, 5.41) is 7.39. The quantitative estimate of drug-likeness (QED) is 0.736. The highest BCUT2D eigenvalue weighted by Gasteiger charge is 2.44. The molecule has 3 aliphatic rings. The second-order valence-corrected chi connectivity index (χ2v) is 10.9. The number of rotatable bonds is 3. The first kappa shape index (κ1) is 23.5. The van der Waals surface area contributed by atoms with Gasteiger partial charge in [-0.25, -0.2) is 8.42 Å². The largest absolute Gasteiger partial charge is 0.370 e. The molecule has 4 rings (SSSR count). The summed E-state index contributed by atoms with van der Waals surface area (Å²) < 4.78 is 28.4. The van der Waals surface area contributed by atoms with Gasteiger partial charge >= 0.3 is 0 Å². The molecular weight excluding hydrogens is 420 g/mol. The van der Waals surface area contributed by atoms with Crippen molar-refractivity contribution < 1.29 is 8.42 Å². The van der Waals surface area contributed by atoms with Crippen molar-refractivity contribution in [1.29, 1.82) is 0 Å². The van der Waals surface area contributed by atoms with Crippen LogP contribution in [0.15, 0.2) is 22.0 Å². The van der Waals surface area contributed by atoms with Gasteiger partial charge in [0.2, 0.25) is 10.0 Å². The third-order valence-electron chi connectivity index (χ3n) is 6.98. The van der Waals surface area contributed by atoms with Gasteiger partial charge in [0.25, 0.3) is 0 Å². The van der Waals surface area contributed by atoms with Crippen LogP contribution in [0.5, 0.6) is 0 Å². The smallest absolute Gasteiger partial charge is 0.243 e. The van der Waals surface area contributed by atoms with Crippen molar-refractivity contribution in [2.24, 2.45) is 4.99 Å². The molecule has 1 spiro atoms. The molecule has 0 amide bonds. The number of aliphatic imine (C=N–C) groups is 1. The van der Waals surface area contributed by atoms with Crippen molar-refractivity contribution in [2.75, 3.05) is 26.2 Å². The Morgan fingerprint density at radius 2 is 1.70 bits per heavy atom. The summed E-state index contributed by atoms with van der Waals surface area (Å²) in [6.07, 6.45) is 6.51. The number of benzene rings is 1. The van der Waals surface area contributed by atoms with Gasteiger partial charge in [-0.1, -0.05) is 18.9 Å². The average Bonchev–Trinajstić information content (AvgIpc) is 3.20. The van der Waals surface area contributed by atoms with E-state index in [0.29, 0.717) is 24.0 Å². The minimum atomic E-state index is -3.48. The molecule has 168 valence electrons. The van der Waals surface area contributed by atoms with Crippen molar-refractivity contribution in [1.82, 2.24) is 14.9 Å². The number of nitrogens with zero attached hydrogens (tertiary/aromatic N) is 2. The molecule has 2 fully saturated rings. The number of halogens is 1. The summed E-state index contributed by atoms with van der Waals surface area (Å²) in [5.74, 6) is 1.06. The van der Waals surface area contributed by atoms with Gasteiger partial charge in [0, 0.05) is 25.7 Å². The number of hydrogen-bond acceptors (Lipinski definition) is 5. The summed E-state index contributed by atoms with van der Waals surface area (Å²) in [7, 11) is -3.48. The van der Waals surface area contributed by atoms with Crippen LogP contribution in [0.4, 0.5) is 0 Å². The lowest BCUT2D eigenvalue weighted by Gasteiger charge is -2.45. The lowest BCUT2D eigenvalue weighted by atomic mass is 9.85. The maximum Gasteiger partial charge on any atom is 0.243 e. The summed E-state index contributed by atoms with van der Waals surface area (Å²) in [4.78, 5) is 5.28. The van der Waals surface area contributed by atoms with Gasteiger partial charge < -0.3 is 10.6 Å². The third-order valence-corrected chi connectivity index (χ3v) is 9.02. The molecule has 2 heterocycles. The minimum absolute atomic E-state index is 0. The van der Waals surface area contributed by atoms with Crippen LogP contribution in [0.3, 0.4) is 0 Å². The van der Waals surface area contributed by atoms with Crippen molar-refractivity contribution in [3.05, 3.63) is 28.8 Å². The molecule has 2 aliphatic heterocycles. The lowest BCUT2D eigenvalue weighted by Crippen LogP contribution is -2.65. The van der Waals surface area contributed by atoms with E-state index in [4.69, 9.17) is 4.99 Å². The number of sulfonamides is 1. The van der Waals surface area contributed by atoms with Gasteiger partial charge in [0.05, 0.1) is 17.0 Å². The monoisotopic (exact) mass is 454 g/mol. The third kappa shape index (κ3) is 4.40. The highest BCUT2D eigenvalue weighted by atomic mass is 35.5. The Kier molecular flexibility index (Phi) is 7.17. The van der Waals surface area contributed by atoms with Crippen LogP contribution in [-0.2, 0) is 10.0 Å². The molecule has 8 heteroatoms. The molecule has 0 bridgehead atoms. The highest BCUT2D eigenvalue weighted by molar-refractivity contribution is 7.89. The molecule has 1 aromatic rings. The van der Waals surface area contributed by atoms with Crippen molar-refractivity contribution >= 4 is 28.3 Å². The zero-order chi connectivity index (χ0) is 20.6. The summed E-state index contributed by atoms with van der Waals surface area (Å²) in [5.41, 5.74) is 2.77. The Morgan fingerprint density at radius 1 is 1.07 bits per heavy atom. The highest BCUT2D eigenvalue weighted by Crippen LogP contribution is 2.31. The summed E-state index contributed by atoms with van der Waals surface area (Å²) >= 11 is 0. The Bertz CT molecular complexity index is 902. The fourth-order valence-corrected chi connectivity index (χ4v) is 6.75. The van der Waals surface area contributed by atoms with Crippen molar-refractivity contribution in [2.45, 2.75) is 75.8 Å². The molecule has 2 N–H and O–H groups in total. The average molecular weight is 455 g/mol. The Hall–Kier alpha value is -1.15. The number of aryl methyl sites for hydroxylation is 3. The summed E-state index contributed by atoms with van der Waals surface area (Å²) in [6.45, 7) is 8.59. The molecular formula is C22H35ClN4O2S. The van der Waals surface area contributed by atoms with Gasteiger partial charge in [-0.05, 0) is 69.2 Å². The van der Waals surface area contributed by atoms with E-state index < -0.39 is 10.0 Å². The fourth-order valence-electron chi connectivity index (χ4n) is 5.02. The van der Waals surface area contributed by atoms with Gasteiger partial charge in [0.15, 0.2) is 0 Å². The van der Waals surface area contributed by atoms with E-state index >= 15 is 0 Å². The lowest BCUT2D eigenvalue weighted by molar-refractivity contribution is 0.240. The first-order valence-corrected chi connectivity index (χ1v) is 12.4. The predicted molar refractivity (Wildman–Crippen MR) is 124 cm³/mol. The number of piperidine rings is 1. The van der Waals surface area contributed by atoms with E-state index in [-0.39, 0.29) is 17.9 Å². The van der Waals surface area contributed by atoms with E-state index in [1.807, 2.05) is 32.9 Å². The van der Waals surface area contributed by atoms with Crippen LogP contribution in [0.1, 0.15) is 55.2 Å². The van der Waals surface area contributed by atoms with E-state index in [2.05, 4.69) is 10.6 Å². The van der Waals surface area contributed by atoms with E-state index in [9.17, 15) is 8.42 Å². The zero-order valence-electron chi connectivity index (χ0n) is 18.3. The maximum atomic E-state index is 13.4. The van der Waals surface area contributed by atoms with Gasteiger partial charge in [-0.2, -0.15) is 4.31 Å². The Labute approximate surface area is 187 Å². The second kappa shape index (κ2) is 9.15. The molecule has 0 aromatic heterocycles. The maximum absolute atomic E-state index is 13.4. The van der Waals surface area contributed by atoms with Gasteiger partial charge in [0.1, 0.15) is 5.84 Å². The molecule has 1 aromatic carbocycles. The van der Waals surface area contributed by atoms with E-state index in [0.717, 1.165) is 48.5 Å². The SMILES string of the molecule is Cc1cc(C)c(S(=O)(=O)N2CCC3(CC2)NCCN=C3NC2CCCC2)cc1C.Cl. The van der Waals surface area contributed by atoms with Crippen LogP contribution in [0.2, 0.25) is 0 Å². The second-order valence-electron chi connectivity index (χ2n) is 8.97. The molecule has 0 unspecified atom stereocenters. The molecule has 6 nitrogen and oxygen atoms in total. The minimum Gasteiger partial charge on any atom is -0.370 e. The van der Waals surface area contributed by atoms with Crippen LogP contribution in [0, 0.1) is 20.8 Å². The van der Waals surface area contributed by atoms with E-state index in [1.54, 1.807) is 4.31 Å². The standard InChI is InChI=1S/C22H34N4O2S.ClH/c1-16-14-18(3)20(15-17(16)2)29(27,28)26-12-8-22(9-13-26)21(23-10-11-24-22)25-19-6-4-5-7-19;/h14-15,19,24H,4-13H2,1-3H3,(H,23,25);1H. The molecule has 1 aliphatic carbocycles. The normalized spacial score (nSPS) is 22.6. The first-order chi connectivity index (χ1) is 13.8. The molecule has 1 saturated carbocycles. The Balaban J connectivity index is 0.00000256. The van der Waals surface area contributed by atoms with Gasteiger partial charge in [-0.15, -0.1) is 12.4 Å². The van der Waals surface area contributed by atoms with Crippen LogP contribution in [0.25, 0.3) is 0 Å². The number of amidine groups is 1. The van der Waals surface area contributed by atoms with Crippen molar-refractivity contribution in [3.8, 4) is 0 Å². The molecule has 1 saturated heterocycles. The molecule has 30 heavy (non-hydrogen) atoms. The predicted octanol–water partition coefficient (Wildman–Crippen LogP) is 3.09. The fraction of sp³-hybridized carbons (Fsp3) is 0.682. The molecule has 0 radical (unpaired) electrons. The van der Waals surface area contributed by atoms with E-state index in [1.165, 1.54) is 25.7 Å². The first-order valence-electron chi connectivity index (χ1n) is 11.0. The Morgan fingerprint density at radius 3 is 2.37 bits per heavy atom. The zero-order valence-corrected chi connectivity index (χ0v) is 20.0. The van der Waals surface area contributed by atoms with Gasteiger partial charge in [-0.3, -0.25) is 4.99 Å². The number of hydrogen-bond donors (Lipinski definition) is 2. The summed E-state index contributed by atoms with van der Waals surface area (Å²) in [6, 6.07) is 4.33. The van der Waals surface area contributed by atoms with Crippen LogP contribution >= 0.6 is 12.4 Å². The van der Waals surface area contributed by atoms with Crippen LogP contribution < -0.4 is 10.6 Å². The van der Waals surface area contributed by atoms with Crippen LogP contribution in [-0.4, -0.2) is 56.3 Å². The molecule has 0 atom stereocenters. The topological polar surface area (TPSA) is 73.8 Å². The van der Waals surface area contributed by atoms with Crippen molar-refractivity contribution in [3.63, 3.8) is 0 Å².